The molecule has 0 aromatic heterocycles. The van der Waals surface area contributed by atoms with Crippen LogP contribution in [0.25, 0.3) is 0 Å². The Labute approximate surface area is 110 Å². The molecule has 0 spiro atoms. The lowest BCUT2D eigenvalue weighted by Crippen LogP contribution is -2.40. The first-order chi connectivity index (χ1) is 8.19. The molecule has 0 heterocycles. The van der Waals surface area contributed by atoms with E-state index < -0.39 is 5.60 Å². The molecular formula is C14H27NO3. The van der Waals surface area contributed by atoms with E-state index in [0.717, 1.165) is 12.8 Å². The number of aliphatic hydroxyl groups excluding tert-OH is 1. The SMILES string of the molecule is CC1C(O)C[C@H](NC(=O)OC(C)(C)C)CC[C@H]1C. The maximum atomic E-state index is 11.7. The Morgan fingerprint density at radius 2 is 1.89 bits per heavy atom. The number of rotatable bonds is 1. The third-order valence-electron chi connectivity index (χ3n) is 3.72. The zero-order valence-electron chi connectivity index (χ0n) is 12.2. The Balaban J connectivity index is 2.50. The number of carbonyl (C=O) groups is 1. The van der Waals surface area contributed by atoms with Gasteiger partial charge in [0.2, 0.25) is 0 Å². The van der Waals surface area contributed by atoms with Crippen LogP contribution >= 0.6 is 0 Å². The highest BCUT2D eigenvalue weighted by atomic mass is 16.6. The average Bonchev–Trinajstić information content (AvgIpc) is 2.30. The van der Waals surface area contributed by atoms with Gasteiger partial charge in [-0.15, -0.1) is 0 Å². The molecule has 1 aliphatic rings. The van der Waals surface area contributed by atoms with Crippen molar-refractivity contribution in [2.75, 3.05) is 0 Å². The van der Waals surface area contributed by atoms with Crippen LogP contribution in [-0.4, -0.2) is 28.9 Å². The zero-order valence-corrected chi connectivity index (χ0v) is 12.2. The van der Waals surface area contributed by atoms with Crippen molar-refractivity contribution in [2.45, 2.75) is 71.6 Å². The molecule has 2 unspecified atom stereocenters. The van der Waals surface area contributed by atoms with Crippen molar-refractivity contribution in [3.8, 4) is 0 Å². The van der Waals surface area contributed by atoms with E-state index in [1.165, 1.54) is 0 Å². The molecule has 1 saturated carbocycles. The predicted molar refractivity (Wildman–Crippen MR) is 71.3 cm³/mol. The van der Waals surface area contributed by atoms with Crippen LogP contribution in [0.5, 0.6) is 0 Å². The standard InChI is InChI=1S/C14H27NO3/c1-9-6-7-11(8-12(16)10(9)2)15-13(17)18-14(3,4)5/h9-12,16H,6-8H2,1-5H3,(H,15,17)/t9-,10?,11-,12?/m1/s1. The van der Waals surface area contributed by atoms with Crippen LogP contribution in [0.2, 0.25) is 0 Å². The molecule has 4 atom stereocenters. The van der Waals surface area contributed by atoms with Crippen molar-refractivity contribution in [2.24, 2.45) is 11.8 Å². The van der Waals surface area contributed by atoms with Crippen molar-refractivity contribution in [3.63, 3.8) is 0 Å². The van der Waals surface area contributed by atoms with E-state index in [9.17, 15) is 9.90 Å². The number of alkyl carbamates (subject to hydrolysis) is 1. The normalized spacial score (nSPS) is 33.7. The van der Waals surface area contributed by atoms with Gasteiger partial charge in [0.1, 0.15) is 5.60 Å². The van der Waals surface area contributed by atoms with E-state index in [1.54, 1.807) is 0 Å². The molecule has 0 bridgehead atoms. The van der Waals surface area contributed by atoms with Gasteiger partial charge in [0.05, 0.1) is 6.10 Å². The minimum absolute atomic E-state index is 0.0160. The Hall–Kier alpha value is -0.770. The fourth-order valence-electron chi connectivity index (χ4n) is 2.34. The Bertz CT molecular complexity index is 285. The first kappa shape index (κ1) is 15.3. The van der Waals surface area contributed by atoms with Gasteiger partial charge in [0.15, 0.2) is 0 Å². The highest BCUT2D eigenvalue weighted by Gasteiger charge is 2.30. The zero-order chi connectivity index (χ0) is 13.9. The van der Waals surface area contributed by atoms with Crippen LogP contribution in [0.1, 0.15) is 53.9 Å². The number of carbonyl (C=O) groups excluding carboxylic acids is 1. The maximum Gasteiger partial charge on any atom is 0.407 e. The van der Waals surface area contributed by atoms with Gasteiger partial charge in [-0.05, 0) is 51.9 Å². The Kier molecular flexibility index (Phi) is 5.02. The predicted octanol–water partition coefficient (Wildman–Crippen LogP) is 2.70. The number of hydrogen-bond donors (Lipinski definition) is 2. The molecule has 0 saturated heterocycles. The third-order valence-corrected chi connectivity index (χ3v) is 3.72. The lowest BCUT2D eigenvalue weighted by atomic mass is 9.90. The van der Waals surface area contributed by atoms with Gasteiger partial charge in [-0.3, -0.25) is 0 Å². The molecule has 18 heavy (non-hydrogen) atoms. The minimum atomic E-state index is -0.478. The van der Waals surface area contributed by atoms with E-state index >= 15 is 0 Å². The molecule has 0 aromatic rings. The molecule has 1 aliphatic carbocycles. The molecule has 0 aliphatic heterocycles. The fraction of sp³-hybridized carbons (Fsp3) is 0.929. The smallest absolute Gasteiger partial charge is 0.407 e. The van der Waals surface area contributed by atoms with E-state index in [4.69, 9.17) is 4.74 Å². The first-order valence-electron chi connectivity index (χ1n) is 6.86. The number of aliphatic hydroxyl groups is 1. The summed E-state index contributed by atoms with van der Waals surface area (Å²) < 4.78 is 5.24. The number of hydrogen-bond acceptors (Lipinski definition) is 3. The average molecular weight is 257 g/mol. The van der Waals surface area contributed by atoms with Crippen molar-refractivity contribution < 1.29 is 14.6 Å². The van der Waals surface area contributed by atoms with Gasteiger partial charge >= 0.3 is 6.09 Å². The van der Waals surface area contributed by atoms with Crippen LogP contribution in [0.3, 0.4) is 0 Å². The lowest BCUT2D eigenvalue weighted by molar-refractivity contribution is 0.0467. The summed E-state index contributed by atoms with van der Waals surface area (Å²) in [5, 5.41) is 12.9. The molecule has 106 valence electrons. The van der Waals surface area contributed by atoms with E-state index in [0.29, 0.717) is 12.3 Å². The molecule has 1 fully saturated rings. The molecule has 1 rings (SSSR count). The third kappa shape index (κ3) is 4.84. The first-order valence-corrected chi connectivity index (χ1v) is 6.86. The summed E-state index contributed by atoms with van der Waals surface area (Å²) >= 11 is 0. The van der Waals surface area contributed by atoms with Crippen LogP contribution < -0.4 is 5.32 Å². The van der Waals surface area contributed by atoms with Crippen molar-refractivity contribution in [3.05, 3.63) is 0 Å². The van der Waals surface area contributed by atoms with Crippen molar-refractivity contribution in [1.29, 1.82) is 0 Å². The largest absolute Gasteiger partial charge is 0.444 e. The number of nitrogens with one attached hydrogen (secondary N) is 1. The van der Waals surface area contributed by atoms with Gasteiger partial charge in [-0.2, -0.15) is 0 Å². The van der Waals surface area contributed by atoms with Gasteiger partial charge in [0, 0.05) is 6.04 Å². The second-order valence-electron chi connectivity index (χ2n) is 6.56. The van der Waals surface area contributed by atoms with Gasteiger partial charge in [-0.1, -0.05) is 13.8 Å². The van der Waals surface area contributed by atoms with Gasteiger partial charge in [0.25, 0.3) is 0 Å². The van der Waals surface area contributed by atoms with Crippen LogP contribution in [0.4, 0.5) is 4.79 Å². The van der Waals surface area contributed by atoms with E-state index in [-0.39, 0.29) is 24.2 Å². The minimum Gasteiger partial charge on any atom is -0.444 e. The molecule has 1 amide bonds. The maximum absolute atomic E-state index is 11.7. The number of amides is 1. The molecule has 2 N–H and O–H groups in total. The summed E-state index contributed by atoms with van der Waals surface area (Å²) in [6.45, 7) is 9.77. The second-order valence-corrected chi connectivity index (χ2v) is 6.56. The second kappa shape index (κ2) is 5.91. The summed E-state index contributed by atoms with van der Waals surface area (Å²) in [6, 6.07) is 0.0160. The van der Waals surface area contributed by atoms with Crippen molar-refractivity contribution in [1.82, 2.24) is 5.32 Å². The van der Waals surface area contributed by atoms with E-state index in [1.807, 2.05) is 20.8 Å². The van der Waals surface area contributed by atoms with E-state index in [2.05, 4.69) is 19.2 Å². The van der Waals surface area contributed by atoms with Gasteiger partial charge in [-0.25, -0.2) is 4.79 Å². The lowest BCUT2D eigenvalue weighted by Gasteiger charge is -2.24. The quantitative estimate of drug-likeness (QED) is 0.710. The topological polar surface area (TPSA) is 58.6 Å². The Morgan fingerprint density at radius 1 is 1.28 bits per heavy atom. The highest BCUT2D eigenvalue weighted by Crippen LogP contribution is 2.28. The molecule has 0 aromatic carbocycles. The summed E-state index contributed by atoms with van der Waals surface area (Å²) in [7, 11) is 0. The van der Waals surface area contributed by atoms with Gasteiger partial charge < -0.3 is 15.2 Å². The summed E-state index contributed by atoms with van der Waals surface area (Å²) in [4.78, 5) is 11.7. The van der Waals surface area contributed by atoms with Crippen LogP contribution in [0.15, 0.2) is 0 Å². The van der Waals surface area contributed by atoms with Crippen LogP contribution in [-0.2, 0) is 4.74 Å². The Morgan fingerprint density at radius 3 is 2.44 bits per heavy atom. The van der Waals surface area contributed by atoms with Crippen molar-refractivity contribution >= 4 is 6.09 Å². The molecule has 4 heteroatoms. The molecule has 0 radical (unpaired) electrons. The highest BCUT2D eigenvalue weighted by molar-refractivity contribution is 5.68. The fourth-order valence-corrected chi connectivity index (χ4v) is 2.34. The monoisotopic (exact) mass is 257 g/mol. The summed E-state index contributed by atoms with van der Waals surface area (Å²) in [6.07, 6.45) is 1.81. The molecular weight excluding hydrogens is 230 g/mol. The van der Waals surface area contributed by atoms with Crippen LogP contribution in [0, 0.1) is 11.8 Å². The summed E-state index contributed by atoms with van der Waals surface area (Å²) in [5.74, 6) is 0.779. The molecule has 4 nitrogen and oxygen atoms in total. The number of ether oxygens (including phenoxy) is 1. The summed E-state index contributed by atoms with van der Waals surface area (Å²) in [5.41, 5.74) is -0.478.